The van der Waals surface area contributed by atoms with Gasteiger partial charge in [0.25, 0.3) is 0 Å². The molecule has 0 unspecified atom stereocenters. The second-order valence-corrected chi connectivity index (χ2v) is 17.4. The highest BCUT2D eigenvalue weighted by atomic mass is 16.5. The molecule has 0 amide bonds. The number of nitrogens with zero attached hydrogens (tertiary/aromatic N) is 2. The Balaban J connectivity index is 1.05. The summed E-state index contributed by atoms with van der Waals surface area (Å²) in [6.45, 7) is 4.36. The van der Waals surface area contributed by atoms with Gasteiger partial charge in [0, 0.05) is 55.8 Å². The van der Waals surface area contributed by atoms with Gasteiger partial charge < -0.3 is 19.0 Å². The second kappa shape index (κ2) is 15.0. The van der Waals surface area contributed by atoms with Crippen LogP contribution in [-0.4, -0.2) is 0 Å². The standard InChI is InChI=1S/C62H42N2O2/c1-39-29-31-46-50(33-39)51-37-54-48-32-30-44(63(42-19-8-4-9-20-42)55-26-14-12-23-45(55)41-17-6-3-7-18-41)36-59(48)65-60-35-40(2)34-53(61(54)60)52(51)38-57(46)64(43-21-10-5-11-22-43)56-27-16-25-49-47-24-13-15-28-58(47)66-62(49)56/h3-38H,1-2H3. The molecule has 0 radical (unpaired) electrons. The molecule has 0 N–H and O–H groups in total. The van der Waals surface area contributed by atoms with E-state index >= 15 is 0 Å². The maximum absolute atomic E-state index is 7.11. The first-order valence-corrected chi connectivity index (χ1v) is 22.6. The number of para-hydroxylation sites is 5. The fourth-order valence-corrected chi connectivity index (χ4v) is 10.4. The molecule has 0 fully saturated rings. The van der Waals surface area contributed by atoms with Crippen molar-refractivity contribution in [3.8, 4) is 33.8 Å². The Kier molecular flexibility index (Phi) is 8.62. The summed E-state index contributed by atoms with van der Waals surface area (Å²) in [7, 11) is 0. The molecule has 66 heavy (non-hydrogen) atoms. The number of ether oxygens (including phenoxy) is 1. The van der Waals surface area contributed by atoms with Crippen molar-refractivity contribution in [2.24, 2.45) is 0 Å². The Morgan fingerprint density at radius 1 is 0.333 bits per heavy atom. The first-order valence-electron chi connectivity index (χ1n) is 22.6. The van der Waals surface area contributed by atoms with Gasteiger partial charge in [-0.2, -0.15) is 0 Å². The van der Waals surface area contributed by atoms with Crippen LogP contribution in [0, 0.1) is 13.8 Å². The van der Waals surface area contributed by atoms with E-state index in [0.717, 1.165) is 106 Å². The van der Waals surface area contributed by atoms with Gasteiger partial charge in [-0.25, -0.2) is 0 Å². The Bertz CT molecular complexity index is 3880. The van der Waals surface area contributed by atoms with Gasteiger partial charge in [0.15, 0.2) is 5.58 Å². The molecular formula is C62H42N2O2. The lowest BCUT2D eigenvalue weighted by atomic mass is 9.87. The van der Waals surface area contributed by atoms with Crippen LogP contribution in [0.2, 0.25) is 0 Å². The molecule has 0 saturated carbocycles. The molecule has 4 heteroatoms. The number of aryl methyl sites for hydroxylation is 2. The number of benzene rings is 11. The maximum Gasteiger partial charge on any atom is 0.159 e. The van der Waals surface area contributed by atoms with Crippen LogP contribution in [0.15, 0.2) is 223 Å². The zero-order valence-corrected chi connectivity index (χ0v) is 36.5. The minimum Gasteiger partial charge on any atom is -0.456 e. The van der Waals surface area contributed by atoms with Crippen molar-refractivity contribution in [2.75, 3.05) is 9.80 Å². The average Bonchev–Trinajstić information content (AvgIpc) is 3.75. The van der Waals surface area contributed by atoms with E-state index in [1.54, 1.807) is 0 Å². The van der Waals surface area contributed by atoms with Crippen LogP contribution in [0.4, 0.5) is 34.1 Å². The molecule has 0 saturated heterocycles. The van der Waals surface area contributed by atoms with Crippen LogP contribution in [0.1, 0.15) is 11.1 Å². The summed E-state index contributed by atoms with van der Waals surface area (Å²) in [5.41, 5.74) is 14.9. The van der Waals surface area contributed by atoms with E-state index in [4.69, 9.17) is 9.15 Å². The molecule has 1 aliphatic heterocycles. The molecule has 12 aromatic rings. The van der Waals surface area contributed by atoms with Gasteiger partial charge in [-0.1, -0.05) is 145 Å². The SMILES string of the molecule is Cc1ccc2c(N(c3ccccc3)c3cccc4c3oc3ccccc34)cc3c4cc(C)cc5c4c(cc3c2c1)-c1ccc(N(c2ccccc2)c2ccccc2-c2ccccc2)cc1O5. The summed E-state index contributed by atoms with van der Waals surface area (Å²) in [4.78, 5) is 4.72. The Morgan fingerprint density at radius 2 is 0.985 bits per heavy atom. The lowest BCUT2D eigenvalue weighted by Crippen LogP contribution is -2.12. The highest BCUT2D eigenvalue weighted by molar-refractivity contribution is 6.26. The summed E-state index contributed by atoms with van der Waals surface area (Å²) < 4.78 is 13.8. The summed E-state index contributed by atoms with van der Waals surface area (Å²) in [6.07, 6.45) is 0. The van der Waals surface area contributed by atoms with Crippen molar-refractivity contribution in [1.82, 2.24) is 0 Å². The van der Waals surface area contributed by atoms with Crippen LogP contribution in [-0.2, 0) is 0 Å². The molecule has 1 aromatic heterocycles. The number of hydrogen-bond donors (Lipinski definition) is 0. The van der Waals surface area contributed by atoms with E-state index in [-0.39, 0.29) is 0 Å². The first-order chi connectivity index (χ1) is 32.6. The van der Waals surface area contributed by atoms with Gasteiger partial charge in [0.05, 0.1) is 17.1 Å². The number of fused-ring (bicyclic) bond motifs is 9. The van der Waals surface area contributed by atoms with Gasteiger partial charge in [-0.3, -0.25) is 0 Å². The zero-order valence-electron chi connectivity index (χ0n) is 36.5. The number of furan rings is 1. The average molecular weight is 847 g/mol. The van der Waals surface area contributed by atoms with Crippen molar-refractivity contribution in [3.05, 3.63) is 230 Å². The number of hydrogen-bond acceptors (Lipinski definition) is 4. The second-order valence-electron chi connectivity index (χ2n) is 17.4. The number of anilines is 6. The molecule has 4 nitrogen and oxygen atoms in total. The Labute approximate surface area is 382 Å². The van der Waals surface area contributed by atoms with E-state index in [1.165, 1.54) is 27.3 Å². The third-order valence-electron chi connectivity index (χ3n) is 13.3. The fourth-order valence-electron chi connectivity index (χ4n) is 10.4. The monoisotopic (exact) mass is 846 g/mol. The molecule has 2 heterocycles. The largest absolute Gasteiger partial charge is 0.456 e. The third-order valence-corrected chi connectivity index (χ3v) is 13.3. The van der Waals surface area contributed by atoms with Crippen molar-refractivity contribution in [2.45, 2.75) is 13.8 Å². The fraction of sp³-hybridized carbons (Fsp3) is 0.0323. The van der Waals surface area contributed by atoms with E-state index in [2.05, 4.69) is 236 Å². The van der Waals surface area contributed by atoms with E-state index in [0.29, 0.717) is 0 Å². The highest BCUT2D eigenvalue weighted by Gasteiger charge is 2.28. The van der Waals surface area contributed by atoms with Gasteiger partial charge in [0.2, 0.25) is 0 Å². The molecule has 11 aromatic carbocycles. The molecule has 1 aliphatic rings. The highest BCUT2D eigenvalue weighted by Crippen LogP contribution is 2.54. The third kappa shape index (κ3) is 5.99. The Hall–Kier alpha value is -8.60. The summed E-state index contributed by atoms with van der Waals surface area (Å²) in [5.74, 6) is 1.69. The summed E-state index contributed by atoms with van der Waals surface area (Å²) in [5, 5.41) is 9.19. The van der Waals surface area contributed by atoms with E-state index < -0.39 is 0 Å². The molecule has 13 rings (SSSR count). The minimum atomic E-state index is 0.829. The van der Waals surface area contributed by atoms with Crippen molar-refractivity contribution in [3.63, 3.8) is 0 Å². The van der Waals surface area contributed by atoms with Crippen LogP contribution in [0.25, 0.3) is 76.5 Å². The molecule has 312 valence electrons. The molecular weight excluding hydrogens is 805 g/mol. The maximum atomic E-state index is 7.11. The van der Waals surface area contributed by atoms with Crippen molar-refractivity contribution in [1.29, 1.82) is 0 Å². The number of rotatable bonds is 7. The molecule has 0 atom stereocenters. The van der Waals surface area contributed by atoms with Crippen molar-refractivity contribution >= 4 is 88.4 Å². The lowest BCUT2D eigenvalue weighted by molar-refractivity contribution is 0.487. The van der Waals surface area contributed by atoms with Crippen LogP contribution in [0.5, 0.6) is 11.5 Å². The summed E-state index contributed by atoms with van der Waals surface area (Å²) in [6, 6.07) is 78.3. The molecule has 0 spiro atoms. The Morgan fingerprint density at radius 3 is 1.80 bits per heavy atom. The van der Waals surface area contributed by atoms with Crippen molar-refractivity contribution < 1.29 is 9.15 Å². The smallest absolute Gasteiger partial charge is 0.159 e. The van der Waals surface area contributed by atoms with Gasteiger partial charge >= 0.3 is 0 Å². The first kappa shape index (κ1) is 37.9. The predicted octanol–water partition coefficient (Wildman–Crippen LogP) is 18.0. The quantitative estimate of drug-likeness (QED) is 0.149. The van der Waals surface area contributed by atoms with Crippen LogP contribution < -0.4 is 14.5 Å². The molecule has 0 aliphatic carbocycles. The minimum absolute atomic E-state index is 0.829. The van der Waals surface area contributed by atoms with Gasteiger partial charge in [0.1, 0.15) is 17.1 Å². The zero-order chi connectivity index (χ0) is 43.9. The lowest BCUT2D eigenvalue weighted by Gasteiger charge is -2.30. The van der Waals surface area contributed by atoms with Crippen LogP contribution >= 0.6 is 0 Å². The van der Waals surface area contributed by atoms with E-state index in [9.17, 15) is 0 Å². The van der Waals surface area contributed by atoms with Crippen LogP contribution in [0.3, 0.4) is 0 Å². The van der Waals surface area contributed by atoms with Gasteiger partial charge in [-0.05, 0) is 125 Å². The topological polar surface area (TPSA) is 28.9 Å². The normalized spacial score (nSPS) is 11.9. The predicted molar refractivity (Wildman–Crippen MR) is 276 cm³/mol. The van der Waals surface area contributed by atoms with E-state index in [1.807, 2.05) is 6.07 Å². The summed E-state index contributed by atoms with van der Waals surface area (Å²) >= 11 is 0. The van der Waals surface area contributed by atoms with Gasteiger partial charge in [-0.15, -0.1) is 0 Å². The molecule has 0 bridgehead atoms.